The van der Waals surface area contributed by atoms with Crippen LogP contribution in [0.25, 0.3) is 0 Å². The molecule has 0 aliphatic heterocycles. The molecule has 0 aliphatic rings. The fraction of sp³-hybridized carbons (Fsp3) is 0.500. The molecule has 1 aromatic carbocycles. The van der Waals surface area contributed by atoms with E-state index < -0.39 is 0 Å². The zero-order valence-electron chi connectivity index (χ0n) is 10.1. The molecule has 0 unspecified atom stereocenters. The van der Waals surface area contributed by atoms with E-state index in [1.165, 1.54) is 4.90 Å². The SMILES string of the molecule is CNCCCSc1ccc(OC)cc1OC. The maximum Gasteiger partial charge on any atom is 0.136 e. The lowest BCUT2D eigenvalue weighted by Gasteiger charge is -2.09. The number of thioether (sulfide) groups is 1. The molecule has 4 heteroatoms. The maximum atomic E-state index is 5.33. The number of hydrogen-bond acceptors (Lipinski definition) is 4. The molecule has 0 spiro atoms. The molecule has 1 N–H and O–H groups in total. The number of hydrogen-bond donors (Lipinski definition) is 1. The van der Waals surface area contributed by atoms with Crippen molar-refractivity contribution in [3.8, 4) is 11.5 Å². The van der Waals surface area contributed by atoms with Gasteiger partial charge in [-0.1, -0.05) is 0 Å². The maximum absolute atomic E-state index is 5.33. The quantitative estimate of drug-likeness (QED) is 0.586. The topological polar surface area (TPSA) is 30.5 Å². The molecule has 16 heavy (non-hydrogen) atoms. The van der Waals surface area contributed by atoms with Gasteiger partial charge in [0, 0.05) is 11.0 Å². The zero-order chi connectivity index (χ0) is 11.8. The Morgan fingerprint density at radius 1 is 1.25 bits per heavy atom. The Balaban J connectivity index is 2.57. The molecule has 0 heterocycles. The van der Waals surface area contributed by atoms with Crippen LogP contribution in [-0.4, -0.2) is 33.6 Å². The number of methoxy groups -OCH3 is 2. The summed E-state index contributed by atoms with van der Waals surface area (Å²) in [5, 5.41) is 3.14. The van der Waals surface area contributed by atoms with Gasteiger partial charge in [0.2, 0.25) is 0 Å². The van der Waals surface area contributed by atoms with Gasteiger partial charge in [0.05, 0.1) is 14.2 Å². The van der Waals surface area contributed by atoms with E-state index in [1.807, 2.05) is 37.0 Å². The van der Waals surface area contributed by atoms with Gasteiger partial charge < -0.3 is 14.8 Å². The van der Waals surface area contributed by atoms with Crippen LogP contribution in [0.4, 0.5) is 0 Å². The summed E-state index contributed by atoms with van der Waals surface area (Å²) in [6.07, 6.45) is 1.15. The summed E-state index contributed by atoms with van der Waals surface area (Å²) in [4.78, 5) is 1.17. The predicted molar refractivity (Wildman–Crippen MR) is 68.8 cm³/mol. The van der Waals surface area contributed by atoms with Crippen molar-refractivity contribution in [2.24, 2.45) is 0 Å². The van der Waals surface area contributed by atoms with E-state index in [-0.39, 0.29) is 0 Å². The number of rotatable bonds is 7. The summed E-state index contributed by atoms with van der Waals surface area (Å²) in [6.45, 7) is 1.05. The Kier molecular flexibility index (Phi) is 6.11. The Hall–Kier alpha value is -0.870. The summed E-state index contributed by atoms with van der Waals surface area (Å²) in [6, 6.07) is 5.92. The Bertz CT molecular complexity index is 318. The number of nitrogens with one attached hydrogen (secondary N) is 1. The molecule has 1 aromatic rings. The van der Waals surface area contributed by atoms with Gasteiger partial charge in [-0.25, -0.2) is 0 Å². The third-order valence-corrected chi connectivity index (χ3v) is 3.34. The molecule has 0 atom stereocenters. The lowest BCUT2D eigenvalue weighted by molar-refractivity contribution is 0.387. The van der Waals surface area contributed by atoms with Crippen molar-refractivity contribution >= 4 is 11.8 Å². The van der Waals surface area contributed by atoms with Crippen molar-refractivity contribution in [1.29, 1.82) is 0 Å². The van der Waals surface area contributed by atoms with E-state index >= 15 is 0 Å². The Morgan fingerprint density at radius 3 is 2.69 bits per heavy atom. The summed E-state index contributed by atoms with van der Waals surface area (Å²) in [7, 11) is 5.32. The summed E-state index contributed by atoms with van der Waals surface area (Å²) in [5.41, 5.74) is 0. The number of benzene rings is 1. The van der Waals surface area contributed by atoms with Crippen LogP contribution in [0.5, 0.6) is 11.5 Å². The van der Waals surface area contributed by atoms with Crippen LogP contribution in [-0.2, 0) is 0 Å². The third-order valence-electron chi connectivity index (χ3n) is 2.20. The van der Waals surface area contributed by atoms with E-state index in [0.29, 0.717) is 0 Å². The largest absolute Gasteiger partial charge is 0.497 e. The van der Waals surface area contributed by atoms with Gasteiger partial charge >= 0.3 is 0 Å². The van der Waals surface area contributed by atoms with Crippen LogP contribution >= 0.6 is 11.8 Å². The van der Waals surface area contributed by atoms with Crippen molar-refractivity contribution in [3.05, 3.63) is 18.2 Å². The lowest BCUT2D eigenvalue weighted by atomic mass is 10.3. The molecule has 1 rings (SSSR count). The Labute approximate surface area is 102 Å². The summed E-state index contributed by atoms with van der Waals surface area (Å²) >= 11 is 1.81. The van der Waals surface area contributed by atoms with Crippen molar-refractivity contribution in [2.45, 2.75) is 11.3 Å². The smallest absolute Gasteiger partial charge is 0.136 e. The first-order valence-electron chi connectivity index (χ1n) is 5.31. The first kappa shape index (κ1) is 13.2. The van der Waals surface area contributed by atoms with Crippen LogP contribution in [0.2, 0.25) is 0 Å². The molecule has 0 saturated carbocycles. The average molecular weight is 241 g/mol. The second-order valence-electron chi connectivity index (χ2n) is 3.32. The summed E-state index contributed by atoms with van der Waals surface area (Å²) < 4.78 is 10.5. The van der Waals surface area contributed by atoms with Crippen molar-refractivity contribution < 1.29 is 9.47 Å². The highest BCUT2D eigenvalue weighted by molar-refractivity contribution is 7.99. The van der Waals surface area contributed by atoms with Crippen molar-refractivity contribution in [1.82, 2.24) is 5.32 Å². The van der Waals surface area contributed by atoms with Gasteiger partial charge in [-0.2, -0.15) is 0 Å². The van der Waals surface area contributed by atoms with Crippen LogP contribution in [0, 0.1) is 0 Å². The molecule has 0 bridgehead atoms. The monoisotopic (exact) mass is 241 g/mol. The molecule has 0 fully saturated rings. The normalized spacial score (nSPS) is 10.2. The van der Waals surface area contributed by atoms with Crippen LogP contribution in [0.3, 0.4) is 0 Å². The highest BCUT2D eigenvalue weighted by Crippen LogP contribution is 2.32. The van der Waals surface area contributed by atoms with Gasteiger partial charge in [0.1, 0.15) is 11.5 Å². The third kappa shape index (κ3) is 3.94. The van der Waals surface area contributed by atoms with Crippen LogP contribution in [0.1, 0.15) is 6.42 Å². The van der Waals surface area contributed by atoms with E-state index in [2.05, 4.69) is 5.32 Å². The minimum atomic E-state index is 0.830. The Morgan fingerprint density at radius 2 is 2.06 bits per heavy atom. The van der Waals surface area contributed by atoms with E-state index in [9.17, 15) is 0 Å². The molecule has 0 aromatic heterocycles. The zero-order valence-corrected chi connectivity index (χ0v) is 10.9. The highest BCUT2D eigenvalue weighted by atomic mass is 32.2. The lowest BCUT2D eigenvalue weighted by Crippen LogP contribution is -2.08. The minimum Gasteiger partial charge on any atom is -0.497 e. The van der Waals surface area contributed by atoms with E-state index in [0.717, 1.165) is 30.2 Å². The fourth-order valence-corrected chi connectivity index (χ4v) is 2.28. The van der Waals surface area contributed by atoms with Crippen LogP contribution in [0.15, 0.2) is 23.1 Å². The summed E-state index contributed by atoms with van der Waals surface area (Å²) in [5.74, 6) is 2.80. The van der Waals surface area contributed by atoms with Gasteiger partial charge in [-0.3, -0.25) is 0 Å². The molecule has 0 radical (unpaired) electrons. The van der Waals surface area contributed by atoms with Crippen molar-refractivity contribution in [3.63, 3.8) is 0 Å². The first-order chi connectivity index (χ1) is 7.81. The molecule has 0 saturated heterocycles. The molecule has 3 nitrogen and oxygen atoms in total. The minimum absolute atomic E-state index is 0.830. The molecule has 90 valence electrons. The molecule has 0 aliphatic carbocycles. The predicted octanol–water partition coefficient (Wildman–Crippen LogP) is 2.41. The second kappa shape index (κ2) is 7.41. The molecular formula is C12H19NO2S. The number of ether oxygens (including phenoxy) is 2. The standard InChI is InChI=1S/C12H19NO2S/c1-13-7-4-8-16-12-6-5-10(14-2)9-11(12)15-3/h5-6,9,13H,4,7-8H2,1-3H3. The average Bonchev–Trinajstić information content (AvgIpc) is 2.34. The fourth-order valence-electron chi connectivity index (χ4n) is 1.33. The van der Waals surface area contributed by atoms with Gasteiger partial charge in [0.15, 0.2) is 0 Å². The van der Waals surface area contributed by atoms with Gasteiger partial charge in [-0.05, 0) is 37.9 Å². The van der Waals surface area contributed by atoms with Crippen molar-refractivity contribution in [2.75, 3.05) is 33.6 Å². The van der Waals surface area contributed by atoms with Gasteiger partial charge in [0.25, 0.3) is 0 Å². The van der Waals surface area contributed by atoms with E-state index in [1.54, 1.807) is 14.2 Å². The second-order valence-corrected chi connectivity index (χ2v) is 4.46. The molecule has 0 amide bonds. The first-order valence-corrected chi connectivity index (χ1v) is 6.29. The highest BCUT2D eigenvalue weighted by Gasteiger charge is 2.04. The van der Waals surface area contributed by atoms with Gasteiger partial charge in [-0.15, -0.1) is 11.8 Å². The molecular weight excluding hydrogens is 222 g/mol. The van der Waals surface area contributed by atoms with E-state index in [4.69, 9.17) is 9.47 Å². The van der Waals surface area contributed by atoms with Crippen LogP contribution < -0.4 is 14.8 Å².